The number of halogens is 1. The average molecular weight is 301 g/mol. The number of β-lactam (4-membered cyclic amide) rings is 1. The molecule has 3 rings (SSSR count). The van der Waals surface area contributed by atoms with Crippen LogP contribution in [0.3, 0.4) is 0 Å². The zero-order valence-electron chi connectivity index (χ0n) is 11.8. The molecular formula is C17H17ClN2O. The van der Waals surface area contributed by atoms with Crippen molar-refractivity contribution >= 4 is 23.2 Å². The first-order chi connectivity index (χ1) is 10.1. The molecule has 1 saturated heterocycles. The van der Waals surface area contributed by atoms with Crippen molar-refractivity contribution < 1.29 is 4.79 Å². The van der Waals surface area contributed by atoms with Gasteiger partial charge in [0.05, 0.1) is 6.04 Å². The van der Waals surface area contributed by atoms with Gasteiger partial charge in [-0.1, -0.05) is 42.8 Å². The van der Waals surface area contributed by atoms with Crippen molar-refractivity contribution in [3.8, 4) is 0 Å². The molecule has 3 nitrogen and oxygen atoms in total. The van der Waals surface area contributed by atoms with Crippen molar-refractivity contribution in [2.75, 3.05) is 4.90 Å². The summed E-state index contributed by atoms with van der Waals surface area (Å²) in [5.41, 5.74) is 9.14. The highest BCUT2D eigenvalue weighted by Gasteiger charge is 2.46. The molecule has 0 spiro atoms. The van der Waals surface area contributed by atoms with Crippen LogP contribution in [0, 0.1) is 0 Å². The van der Waals surface area contributed by atoms with Crippen molar-refractivity contribution in [2.24, 2.45) is 5.73 Å². The van der Waals surface area contributed by atoms with E-state index in [1.807, 2.05) is 48.5 Å². The molecule has 2 aromatic rings. The topological polar surface area (TPSA) is 46.3 Å². The smallest absolute Gasteiger partial charge is 0.247 e. The number of nitrogens with zero attached hydrogens (tertiary/aromatic N) is 1. The summed E-state index contributed by atoms with van der Waals surface area (Å²) in [5.74, 6) is -0.0424. The molecule has 1 aliphatic rings. The van der Waals surface area contributed by atoms with Gasteiger partial charge in [0.1, 0.15) is 6.04 Å². The fourth-order valence-corrected chi connectivity index (χ4v) is 2.83. The Kier molecular flexibility index (Phi) is 3.70. The molecule has 4 heteroatoms. The summed E-state index contributed by atoms with van der Waals surface area (Å²) in [7, 11) is 0. The molecule has 0 saturated carbocycles. The number of carbonyl (C=O) groups excluding carboxylic acids is 1. The Balaban J connectivity index is 1.92. The SMILES string of the molecule is CCc1ccc(N2C(=O)[C@H](N)[C@H]2c2ccc(Cl)cc2)cc1. The lowest BCUT2D eigenvalue weighted by Crippen LogP contribution is -2.63. The number of carbonyl (C=O) groups is 1. The summed E-state index contributed by atoms with van der Waals surface area (Å²) in [6.07, 6.45) is 0.981. The maximum Gasteiger partial charge on any atom is 0.247 e. The van der Waals surface area contributed by atoms with E-state index in [1.54, 1.807) is 4.90 Å². The predicted octanol–water partition coefficient (Wildman–Crippen LogP) is 3.32. The van der Waals surface area contributed by atoms with Gasteiger partial charge in [0, 0.05) is 10.7 Å². The number of anilines is 1. The summed E-state index contributed by atoms with van der Waals surface area (Å²) in [5, 5.41) is 0.678. The fraction of sp³-hybridized carbons (Fsp3) is 0.235. The van der Waals surface area contributed by atoms with Gasteiger partial charge in [-0.3, -0.25) is 4.79 Å². The maximum absolute atomic E-state index is 12.1. The summed E-state index contributed by atoms with van der Waals surface area (Å²) < 4.78 is 0. The number of amides is 1. The van der Waals surface area contributed by atoms with Crippen LogP contribution >= 0.6 is 11.6 Å². The highest BCUT2D eigenvalue weighted by Crippen LogP contribution is 2.38. The molecule has 0 radical (unpaired) electrons. The number of nitrogens with two attached hydrogens (primary N) is 1. The number of benzene rings is 2. The first-order valence-corrected chi connectivity index (χ1v) is 7.42. The second-order valence-corrected chi connectivity index (χ2v) is 5.69. The Morgan fingerprint density at radius 2 is 1.71 bits per heavy atom. The van der Waals surface area contributed by atoms with E-state index in [9.17, 15) is 4.79 Å². The maximum atomic E-state index is 12.1. The number of hydrogen-bond acceptors (Lipinski definition) is 2. The molecular weight excluding hydrogens is 284 g/mol. The minimum absolute atomic E-state index is 0.0424. The van der Waals surface area contributed by atoms with Crippen LogP contribution in [0.25, 0.3) is 0 Å². The van der Waals surface area contributed by atoms with E-state index in [0.29, 0.717) is 5.02 Å². The van der Waals surface area contributed by atoms with Gasteiger partial charge in [0.2, 0.25) is 5.91 Å². The molecule has 2 atom stereocenters. The third-order valence-electron chi connectivity index (χ3n) is 3.98. The molecule has 2 aromatic carbocycles. The van der Waals surface area contributed by atoms with Crippen LogP contribution in [0.15, 0.2) is 48.5 Å². The quantitative estimate of drug-likeness (QED) is 0.884. The minimum atomic E-state index is -0.489. The minimum Gasteiger partial charge on any atom is -0.318 e. The zero-order valence-corrected chi connectivity index (χ0v) is 12.5. The molecule has 1 fully saturated rings. The first kappa shape index (κ1) is 14.1. The first-order valence-electron chi connectivity index (χ1n) is 7.05. The molecule has 21 heavy (non-hydrogen) atoms. The molecule has 0 bridgehead atoms. The normalized spacial score (nSPS) is 21.3. The van der Waals surface area contributed by atoms with Crippen LogP contribution in [0.2, 0.25) is 5.02 Å². The van der Waals surface area contributed by atoms with E-state index in [4.69, 9.17) is 17.3 Å². The zero-order chi connectivity index (χ0) is 15.0. The number of hydrogen-bond donors (Lipinski definition) is 1. The molecule has 1 heterocycles. The van der Waals surface area contributed by atoms with Crippen LogP contribution in [-0.2, 0) is 11.2 Å². The van der Waals surface area contributed by atoms with Gasteiger partial charge in [-0.05, 0) is 41.8 Å². The van der Waals surface area contributed by atoms with Crippen LogP contribution in [0.5, 0.6) is 0 Å². The predicted molar refractivity (Wildman–Crippen MR) is 85.5 cm³/mol. The average Bonchev–Trinajstić information content (AvgIpc) is 2.53. The highest BCUT2D eigenvalue weighted by atomic mass is 35.5. The third-order valence-corrected chi connectivity index (χ3v) is 4.23. The van der Waals surface area contributed by atoms with E-state index >= 15 is 0 Å². The highest BCUT2D eigenvalue weighted by molar-refractivity contribution is 6.30. The van der Waals surface area contributed by atoms with E-state index in [0.717, 1.165) is 17.7 Å². The summed E-state index contributed by atoms with van der Waals surface area (Å²) in [6, 6.07) is 14.9. The van der Waals surface area contributed by atoms with E-state index in [2.05, 4.69) is 6.92 Å². The monoisotopic (exact) mass is 300 g/mol. The van der Waals surface area contributed by atoms with E-state index in [-0.39, 0.29) is 11.9 Å². The molecule has 1 amide bonds. The van der Waals surface area contributed by atoms with E-state index in [1.165, 1.54) is 5.56 Å². The van der Waals surface area contributed by atoms with Gasteiger partial charge in [-0.25, -0.2) is 0 Å². The standard InChI is InChI=1S/C17H17ClN2O/c1-2-11-3-9-14(10-4-11)20-16(15(19)17(20)21)12-5-7-13(18)8-6-12/h3-10,15-16H,2,19H2,1H3/t15-,16-/m1/s1. The van der Waals surface area contributed by atoms with Gasteiger partial charge in [-0.15, -0.1) is 0 Å². The molecule has 0 aliphatic carbocycles. The Morgan fingerprint density at radius 3 is 2.29 bits per heavy atom. The van der Waals surface area contributed by atoms with Crippen molar-refractivity contribution in [2.45, 2.75) is 25.4 Å². The lowest BCUT2D eigenvalue weighted by Gasteiger charge is -2.45. The Bertz CT molecular complexity index is 651. The number of rotatable bonds is 3. The van der Waals surface area contributed by atoms with Crippen LogP contribution in [0.4, 0.5) is 5.69 Å². The Hall–Kier alpha value is -1.84. The number of aryl methyl sites for hydroxylation is 1. The molecule has 0 aromatic heterocycles. The fourth-order valence-electron chi connectivity index (χ4n) is 2.71. The molecule has 2 N–H and O–H groups in total. The third kappa shape index (κ3) is 2.43. The molecule has 0 unspecified atom stereocenters. The second kappa shape index (κ2) is 5.51. The summed E-state index contributed by atoms with van der Waals surface area (Å²) in [6.45, 7) is 2.11. The van der Waals surface area contributed by atoms with Crippen molar-refractivity contribution in [1.29, 1.82) is 0 Å². The lowest BCUT2D eigenvalue weighted by atomic mass is 9.88. The van der Waals surface area contributed by atoms with E-state index < -0.39 is 6.04 Å². The molecule has 108 valence electrons. The van der Waals surface area contributed by atoms with Gasteiger partial charge >= 0.3 is 0 Å². The van der Waals surface area contributed by atoms with Crippen molar-refractivity contribution in [3.63, 3.8) is 0 Å². The Morgan fingerprint density at radius 1 is 1.10 bits per heavy atom. The Labute approximate surface area is 129 Å². The summed E-state index contributed by atoms with van der Waals surface area (Å²) in [4.78, 5) is 13.9. The van der Waals surface area contributed by atoms with Gasteiger partial charge in [0.25, 0.3) is 0 Å². The van der Waals surface area contributed by atoms with Gasteiger partial charge < -0.3 is 10.6 Å². The van der Waals surface area contributed by atoms with Crippen LogP contribution in [-0.4, -0.2) is 11.9 Å². The van der Waals surface area contributed by atoms with Crippen LogP contribution in [0.1, 0.15) is 24.1 Å². The van der Waals surface area contributed by atoms with Crippen molar-refractivity contribution in [3.05, 3.63) is 64.7 Å². The molecule has 1 aliphatic heterocycles. The van der Waals surface area contributed by atoms with Gasteiger partial charge in [-0.2, -0.15) is 0 Å². The largest absolute Gasteiger partial charge is 0.318 e. The van der Waals surface area contributed by atoms with Gasteiger partial charge in [0.15, 0.2) is 0 Å². The van der Waals surface area contributed by atoms with Crippen LogP contribution < -0.4 is 10.6 Å². The van der Waals surface area contributed by atoms with Crippen molar-refractivity contribution in [1.82, 2.24) is 0 Å². The lowest BCUT2D eigenvalue weighted by molar-refractivity contribution is -0.126. The second-order valence-electron chi connectivity index (χ2n) is 5.25. The summed E-state index contributed by atoms with van der Waals surface area (Å²) >= 11 is 5.92.